The molecule has 0 amide bonds. The van der Waals surface area contributed by atoms with Crippen molar-refractivity contribution < 1.29 is 9.53 Å². The summed E-state index contributed by atoms with van der Waals surface area (Å²) < 4.78 is 5.35. The van der Waals surface area contributed by atoms with Gasteiger partial charge in [0, 0.05) is 0 Å². The molecule has 0 saturated carbocycles. The SMILES string of the molecule is CCN(C)C(C)OC(=O)C(C)(C)CC. The third-order valence-electron chi connectivity index (χ3n) is 2.83. The highest BCUT2D eigenvalue weighted by Crippen LogP contribution is 2.22. The molecule has 0 aromatic heterocycles. The van der Waals surface area contributed by atoms with E-state index in [1.54, 1.807) is 0 Å². The summed E-state index contributed by atoms with van der Waals surface area (Å²) in [7, 11) is 1.94. The first-order chi connectivity index (χ1) is 6.35. The van der Waals surface area contributed by atoms with Crippen LogP contribution in [-0.4, -0.2) is 30.7 Å². The minimum Gasteiger partial charge on any atom is -0.446 e. The van der Waals surface area contributed by atoms with Gasteiger partial charge in [0.2, 0.25) is 0 Å². The molecule has 1 atom stereocenters. The normalized spacial score (nSPS) is 14.2. The van der Waals surface area contributed by atoms with E-state index in [-0.39, 0.29) is 17.6 Å². The van der Waals surface area contributed by atoms with Crippen LogP contribution in [0.5, 0.6) is 0 Å². The van der Waals surface area contributed by atoms with Crippen molar-refractivity contribution in [1.29, 1.82) is 0 Å². The molecule has 0 aliphatic heterocycles. The van der Waals surface area contributed by atoms with Gasteiger partial charge in [-0.1, -0.05) is 13.8 Å². The van der Waals surface area contributed by atoms with E-state index in [9.17, 15) is 4.79 Å². The van der Waals surface area contributed by atoms with Gasteiger partial charge in [0.05, 0.1) is 5.41 Å². The molecular formula is C11H23NO2. The van der Waals surface area contributed by atoms with Crippen molar-refractivity contribution in [3.63, 3.8) is 0 Å². The summed E-state index contributed by atoms with van der Waals surface area (Å²) in [5.74, 6) is -0.118. The Balaban J connectivity index is 4.19. The number of rotatable bonds is 5. The van der Waals surface area contributed by atoms with E-state index in [1.807, 2.05) is 46.6 Å². The number of carbonyl (C=O) groups excluding carboxylic acids is 1. The molecule has 0 bridgehead atoms. The molecule has 0 heterocycles. The Morgan fingerprint density at radius 3 is 2.29 bits per heavy atom. The van der Waals surface area contributed by atoms with E-state index in [2.05, 4.69) is 0 Å². The van der Waals surface area contributed by atoms with E-state index in [0.717, 1.165) is 13.0 Å². The van der Waals surface area contributed by atoms with Gasteiger partial charge < -0.3 is 4.74 Å². The number of nitrogens with zero attached hydrogens (tertiary/aromatic N) is 1. The quantitative estimate of drug-likeness (QED) is 0.505. The molecular weight excluding hydrogens is 178 g/mol. The van der Waals surface area contributed by atoms with Crippen molar-refractivity contribution in [1.82, 2.24) is 4.90 Å². The van der Waals surface area contributed by atoms with Crippen LogP contribution in [0.25, 0.3) is 0 Å². The standard InChI is InChI=1S/C11H23NO2/c1-7-11(4,5)10(13)14-9(3)12(6)8-2/h9H,7-8H2,1-6H3. The summed E-state index contributed by atoms with van der Waals surface area (Å²) in [5.41, 5.74) is -0.372. The van der Waals surface area contributed by atoms with Crippen LogP contribution in [0.2, 0.25) is 0 Å². The zero-order valence-electron chi connectivity index (χ0n) is 10.3. The van der Waals surface area contributed by atoms with Gasteiger partial charge in [-0.3, -0.25) is 9.69 Å². The fourth-order valence-electron chi connectivity index (χ4n) is 0.806. The van der Waals surface area contributed by atoms with Crippen molar-refractivity contribution in [3.05, 3.63) is 0 Å². The van der Waals surface area contributed by atoms with Gasteiger partial charge in [-0.25, -0.2) is 0 Å². The third kappa shape index (κ3) is 3.66. The zero-order valence-corrected chi connectivity index (χ0v) is 10.3. The maximum atomic E-state index is 11.7. The van der Waals surface area contributed by atoms with Crippen molar-refractivity contribution in [3.8, 4) is 0 Å². The third-order valence-corrected chi connectivity index (χ3v) is 2.83. The van der Waals surface area contributed by atoms with E-state index >= 15 is 0 Å². The first-order valence-electron chi connectivity index (χ1n) is 5.26. The molecule has 0 saturated heterocycles. The Morgan fingerprint density at radius 2 is 1.93 bits per heavy atom. The molecule has 0 aromatic carbocycles. The Labute approximate surface area is 87.4 Å². The molecule has 0 aliphatic rings. The molecule has 3 heteroatoms. The highest BCUT2D eigenvalue weighted by molar-refractivity contribution is 5.75. The molecule has 0 radical (unpaired) electrons. The number of carbonyl (C=O) groups is 1. The topological polar surface area (TPSA) is 29.5 Å². The van der Waals surface area contributed by atoms with E-state index < -0.39 is 0 Å². The Bertz CT molecular complexity index is 190. The second-order valence-corrected chi connectivity index (χ2v) is 4.32. The average Bonchev–Trinajstić information content (AvgIpc) is 2.16. The molecule has 84 valence electrons. The fourth-order valence-corrected chi connectivity index (χ4v) is 0.806. The van der Waals surface area contributed by atoms with E-state index in [0.29, 0.717) is 0 Å². The van der Waals surface area contributed by atoms with Crippen LogP contribution in [0.3, 0.4) is 0 Å². The molecule has 3 nitrogen and oxygen atoms in total. The summed E-state index contributed by atoms with van der Waals surface area (Å²) in [6.45, 7) is 10.6. The first-order valence-corrected chi connectivity index (χ1v) is 5.26. The van der Waals surface area contributed by atoms with Crippen LogP contribution in [0.1, 0.15) is 41.0 Å². The first kappa shape index (κ1) is 13.4. The predicted octanol–water partition coefficient (Wildman–Crippen LogP) is 2.26. The van der Waals surface area contributed by atoms with Crippen LogP contribution in [-0.2, 0) is 9.53 Å². The lowest BCUT2D eigenvalue weighted by atomic mass is 9.91. The summed E-state index contributed by atoms with van der Waals surface area (Å²) in [4.78, 5) is 13.7. The second-order valence-electron chi connectivity index (χ2n) is 4.32. The van der Waals surface area contributed by atoms with E-state index in [4.69, 9.17) is 4.74 Å². The second kappa shape index (κ2) is 5.35. The van der Waals surface area contributed by atoms with Gasteiger partial charge in [-0.15, -0.1) is 0 Å². The Morgan fingerprint density at radius 1 is 1.43 bits per heavy atom. The van der Waals surface area contributed by atoms with E-state index in [1.165, 1.54) is 0 Å². The average molecular weight is 201 g/mol. The van der Waals surface area contributed by atoms with Crippen LogP contribution in [0, 0.1) is 5.41 Å². The molecule has 0 rings (SSSR count). The molecule has 1 unspecified atom stereocenters. The fraction of sp³-hybridized carbons (Fsp3) is 0.909. The minimum atomic E-state index is -0.372. The van der Waals surface area contributed by atoms with Gasteiger partial charge in [0.15, 0.2) is 6.23 Å². The van der Waals surface area contributed by atoms with Crippen molar-refractivity contribution >= 4 is 5.97 Å². The molecule has 0 spiro atoms. The Kier molecular flexibility index (Phi) is 5.13. The molecule has 0 fully saturated rings. The molecule has 0 N–H and O–H groups in total. The van der Waals surface area contributed by atoms with Gasteiger partial charge in [-0.05, 0) is 40.8 Å². The van der Waals surface area contributed by atoms with Crippen LogP contribution in [0.15, 0.2) is 0 Å². The summed E-state index contributed by atoms with van der Waals surface area (Å²) in [6, 6.07) is 0. The van der Waals surface area contributed by atoms with Gasteiger partial charge >= 0.3 is 5.97 Å². The monoisotopic (exact) mass is 201 g/mol. The lowest BCUT2D eigenvalue weighted by molar-refractivity contribution is -0.167. The van der Waals surface area contributed by atoms with Crippen molar-refractivity contribution in [2.24, 2.45) is 5.41 Å². The maximum Gasteiger partial charge on any atom is 0.313 e. The minimum absolute atomic E-state index is 0.118. The summed E-state index contributed by atoms with van der Waals surface area (Å²) in [6.07, 6.45) is 0.660. The smallest absolute Gasteiger partial charge is 0.313 e. The van der Waals surface area contributed by atoms with Gasteiger partial charge in [-0.2, -0.15) is 0 Å². The van der Waals surface area contributed by atoms with Gasteiger partial charge in [0.25, 0.3) is 0 Å². The van der Waals surface area contributed by atoms with Crippen molar-refractivity contribution in [2.45, 2.75) is 47.3 Å². The number of hydrogen-bond acceptors (Lipinski definition) is 3. The zero-order chi connectivity index (χ0) is 11.4. The van der Waals surface area contributed by atoms with Crippen molar-refractivity contribution in [2.75, 3.05) is 13.6 Å². The number of ether oxygens (including phenoxy) is 1. The lowest BCUT2D eigenvalue weighted by Gasteiger charge is -2.27. The van der Waals surface area contributed by atoms with Crippen LogP contribution < -0.4 is 0 Å². The Hall–Kier alpha value is -0.570. The predicted molar refractivity (Wildman–Crippen MR) is 57.9 cm³/mol. The van der Waals surface area contributed by atoms with Gasteiger partial charge in [0.1, 0.15) is 0 Å². The van der Waals surface area contributed by atoms with Crippen LogP contribution in [0.4, 0.5) is 0 Å². The number of esters is 1. The molecule has 0 aromatic rings. The molecule has 0 aliphatic carbocycles. The highest BCUT2D eigenvalue weighted by atomic mass is 16.6. The number of hydrogen-bond donors (Lipinski definition) is 0. The summed E-state index contributed by atoms with van der Waals surface area (Å²) in [5, 5.41) is 0. The van der Waals surface area contributed by atoms with Crippen LogP contribution >= 0.6 is 0 Å². The lowest BCUT2D eigenvalue weighted by Crippen LogP contribution is -2.37. The maximum absolute atomic E-state index is 11.7. The summed E-state index contributed by atoms with van der Waals surface area (Å²) >= 11 is 0. The molecule has 14 heavy (non-hydrogen) atoms. The highest BCUT2D eigenvalue weighted by Gasteiger charge is 2.29. The largest absolute Gasteiger partial charge is 0.446 e.